The molecule has 0 aliphatic carbocycles. The van der Waals surface area contributed by atoms with Crippen molar-refractivity contribution >= 4 is 0 Å². The van der Waals surface area contributed by atoms with Crippen LogP contribution in [0.2, 0.25) is 0 Å². The van der Waals surface area contributed by atoms with Gasteiger partial charge in [0.05, 0.1) is 6.61 Å². The van der Waals surface area contributed by atoms with Crippen molar-refractivity contribution in [2.75, 3.05) is 13.2 Å². The number of hydrazine groups is 1. The third-order valence-corrected chi connectivity index (χ3v) is 2.87. The molecule has 1 atom stereocenters. The van der Waals surface area contributed by atoms with Crippen LogP contribution in [0.15, 0.2) is 0 Å². The van der Waals surface area contributed by atoms with Crippen LogP contribution in [-0.2, 0) is 0 Å². The SMILES string of the molecule is CCCCC(C)C(C)(C)NNCCO. The van der Waals surface area contributed by atoms with Crippen molar-refractivity contribution in [3.8, 4) is 0 Å². The Morgan fingerprint density at radius 3 is 2.50 bits per heavy atom. The first-order valence-corrected chi connectivity index (χ1v) is 5.65. The van der Waals surface area contributed by atoms with Gasteiger partial charge in [-0.15, -0.1) is 0 Å². The lowest BCUT2D eigenvalue weighted by Crippen LogP contribution is -2.52. The highest BCUT2D eigenvalue weighted by Crippen LogP contribution is 2.21. The van der Waals surface area contributed by atoms with Crippen LogP contribution in [0.25, 0.3) is 0 Å². The molecule has 0 heterocycles. The van der Waals surface area contributed by atoms with E-state index in [1.54, 1.807) is 0 Å². The third-order valence-electron chi connectivity index (χ3n) is 2.87. The summed E-state index contributed by atoms with van der Waals surface area (Å²) < 4.78 is 0. The summed E-state index contributed by atoms with van der Waals surface area (Å²) in [5.74, 6) is 0.633. The Morgan fingerprint density at radius 1 is 1.36 bits per heavy atom. The molecule has 0 aliphatic rings. The van der Waals surface area contributed by atoms with Crippen LogP contribution in [-0.4, -0.2) is 23.8 Å². The molecule has 0 saturated carbocycles. The second kappa shape index (κ2) is 7.21. The van der Waals surface area contributed by atoms with Crippen molar-refractivity contribution in [2.45, 2.75) is 52.5 Å². The van der Waals surface area contributed by atoms with Gasteiger partial charge < -0.3 is 5.11 Å². The second-order valence-corrected chi connectivity index (χ2v) is 4.54. The lowest BCUT2D eigenvalue weighted by molar-refractivity contribution is 0.205. The molecule has 0 saturated heterocycles. The Labute approximate surface area is 88.3 Å². The Kier molecular flexibility index (Phi) is 7.15. The molecule has 0 fully saturated rings. The van der Waals surface area contributed by atoms with Gasteiger partial charge in [-0.1, -0.05) is 26.7 Å². The normalized spacial score (nSPS) is 14.4. The van der Waals surface area contributed by atoms with Gasteiger partial charge in [-0.3, -0.25) is 10.9 Å². The van der Waals surface area contributed by atoms with Crippen LogP contribution in [0.4, 0.5) is 0 Å². The van der Waals surface area contributed by atoms with Crippen LogP contribution < -0.4 is 10.9 Å². The molecule has 0 aromatic carbocycles. The molecule has 0 spiro atoms. The highest BCUT2D eigenvalue weighted by molar-refractivity contribution is 4.81. The molecular weight excluding hydrogens is 176 g/mol. The molecule has 14 heavy (non-hydrogen) atoms. The first-order chi connectivity index (χ1) is 6.54. The number of aliphatic hydroxyl groups excluding tert-OH is 1. The van der Waals surface area contributed by atoms with E-state index < -0.39 is 0 Å². The van der Waals surface area contributed by atoms with E-state index in [2.05, 4.69) is 38.5 Å². The minimum absolute atomic E-state index is 0.0876. The minimum Gasteiger partial charge on any atom is -0.395 e. The number of unbranched alkanes of at least 4 members (excludes halogenated alkanes) is 1. The Morgan fingerprint density at radius 2 is 2.00 bits per heavy atom. The van der Waals surface area contributed by atoms with E-state index in [0.717, 1.165) is 0 Å². The number of hydrogen-bond donors (Lipinski definition) is 3. The van der Waals surface area contributed by atoms with Crippen molar-refractivity contribution in [3.05, 3.63) is 0 Å². The fraction of sp³-hybridized carbons (Fsp3) is 1.00. The van der Waals surface area contributed by atoms with Crippen LogP contribution in [0.5, 0.6) is 0 Å². The second-order valence-electron chi connectivity index (χ2n) is 4.54. The Balaban J connectivity index is 3.77. The number of rotatable bonds is 8. The zero-order valence-electron chi connectivity index (χ0n) is 10.1. The summed E-state index contributed by atoms with van der Waals surface area (Å²) in [4.78, 5) is 0. The highest BCUT2D eigenvalue weighted by atomic mass is 16.3. The van der Waals surface area contributed by atoms with Crippen molar-refractivity contribution in [1.82, 2.24) is 10.9 Å². The van der Waals surface area contributed by atoms with Gasteiger partial charge in [0, 0.05) is 12.1 Å². The predicted molar refractivity (Wildman–Crippen MR) is 61.0 cm³/mol. The van der Waals surface area contributed by atoms with Crippen molar-refractivity contribution in [3.63, 3.8) is 0 Å². The summed E-state index contributed by atoms with van der Waals surface area (Å²) in [6.07, 6.45) is 3.79. The van der Waals surface area contributed by atoms with Crippen molar-refractivity contribution < 1.29 is 5.11 Å². The largest absolute Gasteiger partial charge is 0.395 e. The van der Waals surface area contributed by atoms with Gasteiger partial charge in [0.1, 0.15) is 0 Å². The van der Waals surface area contributed by atoms with E-state index in [4.69, 9.17) is 5.11 Å². The molecule has 3 nitrogen and oxygen atoms in total. The van der Waals surface area contributed by atoms with E-state index in [-0.39, 0.29) is 12.1 Å². The summed E-state index contributed by atoms with van der Waals surface area (Å²) in [6, 6.07) is 0. The van der Waals surface area contributed by atoms with E-state index in [0.29, 0.717) is 12.5 Å². The third kappa shape index (κ3) is 5.58. The quantitative estimate of drug-likeness (QED) is 0.414. The van der Waals surface area contributed by atoms with Gasteiger partial charge in [-0.25, -0.2) is 0 Å². The molecule has 0 aromatic rings. The van der Waals surface area contributed by atoms with Gasteiger partial charge >= 0.3 is 0 Å². The van der Waals surface area contributed by atoms with E-state index in [9.17, 15) is 0 Å². The van der Waals surface area contributed by atoms with Gasteiger partial charge in [0.15, 0.2) is 0 Å². The number of hydrogen-bond acceptors (Lipinski definition) is 3. The summed E-state index contributed by atoms with van der Waals surface area (Å²) >= 11 is 0. The van der Waals surface area contributed by atoms with Gasteiger partial charge in [0.25, 0.3) is 0 Å². The molecule has 3 heteroatoms. The Hall–Kier alpha value is -0.120. The standard InChI is InChI=1S/C11H26N2O/c1-5-6-7-10(2)11(3,4)13-12-8-9-14/h10,12-14H,5-9H2,1-4H3. The zero-order valence-corrected chi connectivity index (χ0v) is 10.1. The van der Waals surface area contributed by atoms with Crippen LogP contribution in [0.3, 0.4) is 0 Å². The van der Waals surface area contributed by atoms with Gasteiger partial charge in [-0.2, -0.15) is 0 Å². The highest BCUT2D eigenvalue weighted by Gasteiger charge is 2.24. The predicted octanol–water partition coefficient (Wildman–Crippen LogP) is 1.68. The first-order valence-electron chi connectivity index (χ1n) is 5.65. The lowest BCUT2D eigenvalue weighted by Gasteiger charge is -2.33. The molecule has 0 radical (unpaired) electrons. The first kappa shape index (κ1) is 13.9. The topological polar surface area (TPSA) is 44.3 Å². The van der Waals surface area contributed by atoms with Crippen LogP contribution >= 0.6 is 0 Å². The lowest BCUT2D eigenvalue weighted by atomic mass is 9.86. The molecule has 0 bridgehead atoms. The molecule has 0 amide bonds. The molecule has 1 unspecified atom stereocenters. The average molecular weight is 202 g/mol. The fourth-order valence-corrected chi connectivity index (χ4v) is 1.34. The summed E-state index contributed by atoms with van der Waals surface area (Å²) in [5, 5.41) is 8.64. The van der Waals surface area contributed by atoms with E-state index >= 15 is 0 Å². The number of aliphatic hydroxyl groups is 1. The van der Waals surface area contributed by atoms with E-state index in [1.165, 1.54) is 19.3 Å². The van der Waals surface area contributed by atoms with Gasteiger partial charge in [-0.05, 0) is 26.2 Å². The smallest absolute Gasteiger partial charge is 0.0569 e. The molecule has 86 valence electrons. The van der Waals surface area contributed by atoms with E-state index in [1.807, 2.05) is 0 Å². The molecular formula is C11H26N2O. The maximum Gasteiger partial charge on any atom is 0.0569 e. The Bertz CT molecular complexity index is 137. The van der Waals surface area contributed by atoms with Gasteiger partial charge in [0.2, 0.25) is 0 Å². The summed E-state index contributed by atoms with van der Waals surface area (Å²) in [6.45, 7) is 9.65. The molecule has 0 aliphatic heterocycles. The monoisotopic (exact) mass is 202 g/mol. The summed E-state index contributed by atoms with van der Waals surface area (Å²) in [7, 11) is 0. The van der Waals surface area contributed by atoms with Crippen LogP contribution in [0.1, 0.15) is 47.0 Å². The maximum absolute atomic E-state index is 8.64. The number of nitrogens with one attached hydrogen (secondary N) is 2. The zero-order chi connectivity index (χ0) is 11.0. The molecule has 0 rings (SSSR count). The summed E-state index contributed by atoms with van der Waals surface area (Å²) in [5.41, 5.74) is 6.38. The van der Waals surface area contributed by atoms with Crippen molar-refractivity contribution in [2.24, 2.45) is 5.92 Å². The maximum atomic E-state index is 8.64. The molecule has 3 N–H and O–H groups in total. The minimum atomic E-state index is 0.0876. The molecule has 0 aromatic heterocycles. The van der Waals surface area contributed by atoms with Crippen LogP contribution in [0, 0.1) is 5.92 Å². The average Bonchev–Trinajstić information content (AvgIpc) is 2.14. The van der Waals surface area contributed by atoms with Crippen molar-refractivity contribution in [1.29, 1.82) is 0 Å². The fourth-order valence-electron chi connectivity index (χ4n) is 1.34.